The maximum Gasteiger partial charge on any atom is 0.0141 e. The number of rotatable bonds is 0. The molecule has 1 aliphatic carbocycles. The monoisotopic (exact) mass is 165 g/mol. The van der Waals surface area contributed by atoms with Crippen LogP contribution < -0.4 is 5.32 Å². The quantitative estimate of drug-likeness (QED) is 0.543. The van der Waals surface area contributed by atoms with Crippen molar-refractivity contribution >= 4 is 0 Å². The summed E-state index contributed by atoms with van der Waals surface area (Å²) in [5.74, 6) is 2.50. The molecule has 2 aliphatic rings. The zero-order valence-corrected chi connectivity index (χ0v) is 8.25. The van der Waals surface area contributed by atoms with E-state index >= 15 is 0 Å². The van der Waals surface area contributed by atoms with Crippen LogP contribution in [0.3, 0.4) is 0 Å². The van der Waals surface area contributed by atoms with Gasteiger partial charge in [-0.1, -0.05) is 26.0 Å². The van der Waals surface area contributed by atoms with E-state index in [0.717, 1.165) is 23.8 Å². The maximum atomic E-state index is 3.68. The van der Waals surface area contributed by atoms with Crippen LogP contribution in [-0.2, 0) is 0 Å². The van der Waals surface area contributed by atoms with E-state index in [1.807, 2.05) is 0 Å². The van der Waals surface area contributed by atoms with Crippen LogP contribution >= 0.6 is 0 Å². The summed E-state index contributed by atoms with van der Waals surface area (Å²) < 4.78 is 0. The molecule has 0 aromatic rings. The Morgan fingerprint density at radius 2 is 2.00 bits per heavy atom. The fourth-order valence-electron chi connectivity index (χ4n) is 2.94. The summed E-state index contributed by atoms with van der Waals surface area (Å²) in [5.41, 5.74) is 0. The van der Waals surface area contributed by atoms with Crippen molar-refractivity contribution in [2.45, 2.75) is 39.3 Å². The highest BCUT2D eigenvalue weighted by Crippen LogP contribution is 2.37. The van der Waals surface area contributed by atoms with E-state index in [2.05, 4.69) is 38.2 Å². The van der Waals surface area contributed by atoms with Crippen LogP contribution in [-0.4, -0.2) is 12.1 Å². The van der Waals surface area contributed by atoms with Crippen molar-refractivity contribution in [3.8, 4) is 0 Å². The maximum absolute atomic E-state index is 3.68. The lowest BCUT2D eigenvalue weighted by atomic mass is 9.76. The van der Waals surface area contributed by atoms with Crippen LogP contribution in [0.1, 0.15) is 27.2 Å². The fraction of sp³-hybridized carbons (Fsp3) is 0.818. The first-order valence-corrected chi connectivity index (χ1v) is 5.13. The van der Waals surface area contributed by atoms with Gasteiger partial charge < -0.3 is 5.32 Å². The molecule has 0 amide bonds. The summed E-state index contributed by atoms with van der Waals surface area (Å²) in [6, 6.07) is 1.47. The van der Waals surface area contributed by atoms with Gasteiger partial charge in [0.05, 0.1) is 0 Å². The zero-order valence-electron chi connectivity index (χ0n) is 8.25. The SMILES string of the molecule is CC1N[C@@H]2CC=C[C@H](C)[C@@H]2[C@@H]1C. The lowest BCUT2D eigenvalue weighted by molar-refractivity contribution is 0.289. The molecule has 1 nitrogen and oxygen atoms in total. The molecule has 1 aliphatic heterocycles. The molecular weight excluding hydrogens is 146 g/mol. The molecule has 0 aromatic carbocycles. The van der Waals surface area contributed by atoms with Gasteiger partial charge in [0.15, 0.2) is 0 Å². The Hall–Kier alpha value is -0.300. The van der Waals surface area contributed by atoms with Gasteiger partial charge in [0, 0.05) is 12.1 Å². The van der Waals surface area contributed by atoms with Crippen molar-refractivity contribution in [1.29, 1.82) is 0 Å². The number of fused-ring (bicyclic) bond motifs is 1. The van der Waals surface area contributed by atoms with Gasteiger partial charge in [-0.25, -0.2) is 0 Å². The van der Waals surface area contributed by atoms with Gasteiger partial charge in [0.2, 0.25) is 0 Å². The first kappa shape index (κ1) is 8.31. The lowest BCUT2D eigenvalue weighted by Gasteiger charge is -2.29. The predicted molar refractivity (Wildman–Crippen MR) is 52.0 cm³/mol. The van der Waals surface area contributed by atoms with Gasteiger partial charge in [0.25, 0.3) is 0 Å². The van der Waals surface area contributed by atoms with Crippen LogP contribution in [0, 0.1) is 17.8 Å². The fourth-order valence-corrected chi connectivity index (χ4v) is 2.94. The molecule has 1 N–H and O–H groups in total. The highest BCUT2D eigenvalue weighted by molar-refractivity contribution is 5.08. The molecule has 1 heterocycles. The van der Waals surface area contributed by atoms with Crippen molar-refractivity contribution in [2.24, 2.45) is 17.8 Å². The Morgan fingerprint density at radius 1 is 1.25 bits per heavy atom. The molecule has 2 rings (SSSR count). The molecule has 68 valence electrons. The minimum atomic E-state index is 0.711. The van der Waals surface area contributed by atoms with E-state index in [-0.39, 0.29) is 0 Å². The van der Waals surface area contributed by atoms with Crippen molar-refractivity contribution in [2.75, 3.05) is 0 Å². The molecule has 12 heavy (non-hydrogen) atoms. The second kappa shape index (κ2) is 2.88. The summed E-state index contributed by atoms with van der Waals surface area (Å²) >= 11 is 0. The van der Waals surface area contributed by atoms with Crippen LogP contribution in [0.5, 0.6) is 0 Å². The van der Waals surface area contributed by atoms with E-state index in [9.17, 15) is 0 Å². The van der Waals surface area contributed by atoms with Crippen LogP contribution in [0.15, 0.2) is 12.2 Å². The molecule has 5 atom stereocenters. The Morgan fingerprint density at radius 3 is 2.67 bits per heavy atom. The lowest BCUT2D eigenvalue weighted by Crippen LogP contribution is -2.33. The zero-order chi connectivity index (χ0) is 8.72. The number of hydrogen-bond acceptors (Lipinski definition) is 1. The summed E-state index contributed by atoms with van der Waals surface area (Å²) in [6.45, 7) is 7.05. The van der Waals surface area contributed by atoms with Gasteiger partial charge in [-0.2, -0.15) is 0 Å². The normalized spacial score (nSPS) is 52.4. The molecule has 0 radical (unpaired) electrons. The first-order valence-electron chi connectivity index (χ1n) is 5.13. The van der Waals surface area contributed by atoms with Crippen molar-refractivity contribution in [3.63, 3.8) is 0 Å². The second-order valence-electron chi connectivity index (χ2n) is 4.52. The van der Waals surface area contributed by atoms with E-state index in [0.29, 0.717) is 6.04 Å². The van der Waals surface area contributed by atoms with Crippen LogP contribution in [0.2, 0.25) is 0 Å². The van der Waals surface area contributed by atoms with Gasteiger partial charge in [-0.3, -0.25) is 0 Å². The van der Waals surface area contributed by atoms with E-state index in [1.165, 1.54) is 6.42 Å². The van der Waals surface area contributed by atoms with E-state index < -0.39 is 0 Å². The highest BCUT2D eigenvalue weighted by atomic mass is 15.0. The van der Waals surface area contributed by atoms with Crippen molar-refractivity contribution in [3.05, 3.63) is 12.2 Å². The summed E-state index contributed by atoms with van der Waals surface area (Å²) in [7, 11) is 0. The molecule has 0 bridgehead atoms. The van der Waals surface area contributed by atoms with Gasteiger partial charge in [-0.05, 0) is 31.1 Å². The van der Waals surface area contributed by atoms with Crippen LogP contribution in [0.4, 0.5) is 0 Å². The minimum absolute atomic E-state index is 0.711. The minimum Gasteiger partial charge on any atom is -0.311 e. The van der Waals surface area contributed by atoms with E-state index in [1.54, 1.807) is 0 Å². The molecule has 1 fully saturated rings. The smallest absolute Gasteiger partial charge is 0.0141 e. The molecule has 0 spiro atoms. The van der Waals surface area contributed by atoms with Crippen LogP contribution in [0.25, 0.3) is 0 Å². The highest BCUT2D eigenvalue weighted by Gasteiger charge is 2.40. The molecule has 1 heteroatoms. The largest absolute Gasteiger partial charge is 0.311 e. The third-order valence-corrected chi connectivity index (χ3v) is 3.77. The van der Waals surface area contributed by atoms with E-state index in [4.69, 9.17) is 0 Å². The molecule has 1 unspecified atom stereocenters. The second-order valence-corrected chi connectivity index (χ2v) is 4.52. The van der Waals surface area contributed by atoms with Crippen molar-refractivity contribution in [1.82, 2.24) is 5.32 Å². The average Bonchev–Trinajstić information content (AvgIpc) is 2.29. The molecule has 1 saturated heterocycles. The third-order valence-electron chi connectivity index (χ3n) is 3.77. The van der Waals surface area contributed by atoms with Gasteiger partial charge >= 0.3 is 0 Å². The number of nitrogens with one attached hydrogen (secondary N) is 1. The first-order chi connectivity index (χ1) is 5.70. The predicted octanol–water partition coefficient (Wildman–Crippen LogP) is 2.20. The van der Waals surface area contributed by atoms with Gasteiger partial charge in [-0.15, -0.1) is 0 Å². The average molecular weight is 165 g/mol. The number of hydrogen-bond donors (Lipinski definition) is 1. The Bertz CT molecular complexity index is 197. The van der Waals surface area contributed by atoms with Crippen molar-refractivity contribution < 1.29 is 0 Å². The summed E-state index contributed by atoms with van der Waals surface area (Å²) in [4.78, 5) is 0. The Labute approximate surface area is 75.2 Å². The molecule has 0 aromatic heterocycles. The standard InChI is InChI=1S/C11H19N/c1-7-5-4-6-10-11(7)8(2)9(3)12-10/h4-5,7-12H,6H2,1-3H3/t7-,8+,9?,10+,11+/m0/s1. The molecule has 0 saturated carbocycles. The number of allylic oxidation sites excluding steroid dienone is 1. The summed E-state index contributed by atoms with van der Waals surface area (Å²) in [6.07, 6.45) is 5.96. The topological polar surface area (TPSA) is 12.0 Å². The third kappa shape index (κ3) is 1.11. The summed E-state index contributed by atoms with van der Waals surface area (Å²) in [5, 5.41) is 3.68. The van der Waals surface area contributed by atoms with Gasteiger partial charge in [0.1, 0.15) is 0 Å². The molecular formula is C11H19N. The Balaban J connectivity index is 2.19. The Kier molecular flexibility index (Phi) is 1.99.